The molecule has 0 spiro atoms. The van der Waals surface area contributed by atoms with Crippen molar-refractivity contribution < 1.29 is 4.98 Å². The molecule has 0 aliphatic heterocycles. The predicted octanol–water partition coefficient (Wildman–Crippen LogP) is 0.685. The van der Waals surface area contributed by atoms with E-state index in [0.717, 1.165) is 16.9 Å². The molecule has 50 valence electrons. The highest BCUT2D eigenvalue weighted by atomic mass is 14.9. The van der Waals surface area contributed by atoms with Gasteiger partial charge in [-0.05, 0) is 6.92 Å². The fourth-order valence-electron chi connectivity index (χ4n) is 1.02. The maximum absolute atomic E-state index is 4.24. The average molecular weight is 134 g/mol. The molecule has 2 heterocycles. The van der Waals surface area contributed by atoms with E-state index < -0.39 is 0 Å². The first-order valence-electron chi connectivity index (χ1n) is 3.19. The van der Waals surface area contributed by atoms with Crippen LogP contribution in [0.4, 0.5) is 0 Å². The summed E-state index contributed by atoms with van der Waals surface area (Å²) in [5.41, 5.74) is 2.07. The molecule has 2 N–H and O–H groups in total. The van der Waals surface area contributed by atoms with Crippen molar-refractivity contribution in [1.29, 1.82) is 0 Å². The van der Waals surface area contributed by atoms with Gasteiger partial charge in [-0.15, -0.1) is 0 Å². The van der Waals surface area contributed by atoms with E-state index in [-0.39, 0.29) is 0 Å². The van der Waals surface area contributed by atoms with Crippen molar-refractivity contribution >= 4 is 11.0 Å². The van der Waals surface area contributed by atoms with Crippen LogP contribution in [0.3, 0.4) is 0 Å². The van der Waals surface area contributed by atoms with E-state index in [1.807, 2.05) is 25.4 Å². The SMILES string of the molecule is Cc1nc2cc[nH+]cc2[nH]1. The number of rotatable bonds is 0. The van der Waals surface area contributed by atoms with Gasteiger partial charge in [0, 0.05) is 6.07 Å². The summed E-state index contributed by atoms with van der Waals surface area (Å²) in [4.78, 5) is 10.3. The van der Waals surface area contributed by atoms with E-state index in [4.69, 9.17) is 0 Å². The van der Waals surface area contributed by atoms with Crippen LogP contribution < -0.4 is 4.98 Å². The molecule has 0 saturated heterocycles. The third kappa shape index (κ3) is 0.673. The second-order valence-electron chi connectivity index (χ2n) is 2.27. The van der Waals surface area contributed by atoms with Gasteiger partial charge in [0.05, 0.1) is 0 Å². The summed E-state index contributed by atoms with van der Waals surface area (Å²) in [5, 5.41) is 0. The molecular weight excluding hydrogens is 126 g/mol. The Kier molecular flexibility index (Phi) is 0.974. The van der Waals surface area contributed by atoms with Crippen LogP contribution >= 0.6 is 0 Å². The fraction of sp³-hybridized carbons (Fsp3) is 0.143. The molecule has 3 nitrogen and oxygen atoms in total. The van der Waals surface area contributed by atoms with Crippen LogP contribution in [0.2, 0.25) is 0 Å². The number of fused-ring (bicyclic) bond motifs is 1. The zero-order chi connectivity index (χ0) is 6.97. The molecule has 0 amide bonds. The molecule has 0 unspecified atom stereocenters. The van der Waals surface area contributed by atoms with Crippen molar-refractivity contribution in [1.82, 2.24) is 9.97 Å². The minimum atomic E-state index is 0.953. The van der Waals surface area contributed by atoms with E-state index in [0.29, 0.717) is 0 Å². The molecule has 0 radical (unpaired) electrons. The van der Waals surface area contributed by atoms with Gasteiger partial charge in [-0.1, -0.05) is 0 Å². The van der Waals surface area contributed by atoms with Gasteiger partial charge in [0.25, 0.3) is 0 Å². The maximum atomic E-state index is 4.24. The van der Waals surface area contributed by atoms with Gasteiger partial charge in [0.15, 0.2) is 12.4 Å². The van der Waals surface area contributed by atoms with Crippen molar-refractivity contribution in [2.45, 2.75) is 6.92 Å². The topological polar surface area (TPSA) is 42.8 Å². The van der Waals surface area contributed by atoms with Crippen molar-refractivity contribution in [3.8, 4) is 0 Å². The minimum Gasteiger partial charge on any atom is -0.337 e. The zero-order valence-corrected chi connectivity index (χ0v) is 5.68. The molecule has 0 aliphatic carbocycles. The van der Waals surface area contributed by atoms with Gasteiger partial charge in [0.1, 0.15) is 16.9 Å². The van der Waals surface area contributed by atoms with Crippen LogP contribution in [0.5, 0.6) is 0 Å². The number of aromatic nitrogens is 3. The summed E-state index contributed by atoms with van der Waals surface area (Å²) >= 11 is 0. The molecule has 0 atom stereocenters. The minimum absolute atomic E-state index is 0.953. The fourth-order valence-corrected chi connectivity index (χ4v) is 1.02. The van der Waals surface area contributed by atoms with Crippen molar-refractivity contribution in [2.24, 2.45) is 0 Å². The monoisotopic (exact) mass is 134 g/mol. The number of aromatic amines is 2. The molecule has 0 saturated carbocycles. The smallest absolute Gasteiger partial charge is 0.193 e. The van der Waals surface area contributed by atoms with Crippen LogP contribution in [0, 0.1) is 6.92 Å². The number of aryl methyl sites for hydroxylation is 1. The van der Waals surface area contributed by atoms with E-state index in [1.165, 1.54) is 0 Å². The summed E-state index contributed by atoms with van der Waals surface area (Å²) in [6.45, 7) is 1.94. The molecule has 2 rings (SSSR count). The number of nitrogens with zero attached hydrogens (tertiary/aromatic N) is 1. The average Bonchev–Trinajstić information content (AvgIpc) is 2.27. The van der Waals surface area contributed by atoms with Crippen molar-refractivity contribution in [3.05, 3.63) is 24.3 Å². The standard InChI is InChI=1S/C7H7N3/c1-5-9-6-2-3-8-4-7(6)10-5/h2-4H,1H3,(H,9,10)/p+1. The van der Waals surface area contributed by atoms with Gasteiger partial charge >= 0.3 is 0 Å². The number of pyridine rings is 1. The number of hydrogen-bond donors (Lipinski definition) is 1. The number of imidazole rings is 1. The lowest BCUT2D eigenvalue weighted by Crippen LogP contribution is -1.96. The van der Waals surface area contributed by atoms with E-state index in [9.17, 15) is 0 Å². The molecule has 0 aliphatic rings. The van der Waals surface area contributed by atoms with Crippen LogP contribution in [-0.2, 0) is 0 Å². The molecule has 2 aromatic rings. The Bertz CT molecular complexity index is 317. The third-order valence-electron chi connectivity index (χ3n) is 1.44. The molecule has 0 aromatic carbocycles. The molecule has 2 aromatic heterocycles. The quantitative estimate of drug-likeness (QED) is 0.565. The molecule has 0 fully saturated rings. The van der Waals surface area contributed by atoms with Gasteiger partial charge in [-0.2, -0.15) is 0 Å². The molecule has 10 heavy (non-hydrogen) atoms. The Morgan fingerprint density at radius 2 is 2.50 bits per heavy atom. The number of H-pyrrole nitrogens is 2. The summed E-state index contributed by atoms with van der Waals surface area (Å²) in [7, 11) is 0. The van der Waals surface area contributed by atoms with Crippen molar-refractivity contribution in [2.75, 3.05) is 0 Å². The van der Waals surface area contributed by atoms with Crippen LogP contribution in [-0.4, -0.2) is 9.97 Å². The molecule has 0 bridgehead atoms. The van der Waals surface area contributed by atoms with Crippen LogP contribution in [0.1, 0.15) is 5.82 Å². The second-order valence-corrected chi connectivity index (χ2v) is 2.27. The first-order valence-corrected chi connectivity index (χ1v) is 3.19. The summed E-state index contributed by atoms with van der Waals surface area (Å²) < 4.78 is 0. The molecular formula is C7H8N3+. The largest absolute Gasteiger partial charge is 0.337 e. The Morgan fingerprint density at radius 1 is 1.60 bits per heavy atom. The summed E-state index contributed by atoms with van der Waals surface area (Å²) in [6.07, 6.45) is 3.76. The lowest BCUT2D eigenvalue weighted by atomic mass is 10.4. The summed E-state index contributed by atoms with van der Waals surface area (Å²) in [6, 6.07) is 1.94. The molecule has 3 heteroatoms. The Labute approximate surface area is 58.1 Å². The maximum Gasteiger partial charge on any atom is 0.193 e. The zero-order valence-electron chi connectivity index (χ0n) is 5.68. The lowest BCUT2D eigenvalue weighted by Gasteiger charge is -1.75. The van der Waals surface area contributed by atoms with E-state index in [2.05, 4.69) is 15.0 Å². The Balaban J connectivity index is 2.88. The third-order valence-corrected chi connectivity index (χ3v) is 1.44. The summed E-state index contributed by atoms with van der Waals surface area (Å²) in [5.74, 6) is 0.953. The second kappa shape index (κ2) is 1.80. The van der Waals surface area contributed by atoms with Crippen LogP contribution in [0.15, 0.2) is 18.5 Å². The van der Waals surface area contributed by atoms with Gasteiger partial charge in [-0.3, -0.25) is 0 Å². The first kappa shape index (κ1) is 5.41. The van der Waals surface area contributed by atoms with Gasteiger partial charge < -0.3 is 4.98 Å². The lowest BCUT2D eigenvalue weighted by molar-refractivity contribution is -0.376. The highest BCUT2D eigenvalue weighted by Gasteiger charge is 1.98. The van der Waals surface area contributed by atoms with E-state index in [1.54, 1.807) is 0 Å². The van der Waals surface area contributed by atoms with Crippen molar-refractivity contribution in [3.63, 3.8) is 0 Å². The Hall–Kier alpha value is -1.38. The highest BCUT2D eigenvalue weighted by Crippen LogP contribution is 2.05. The number of nitrogens with one attached hydrogen (secondary N) is 2. The van der Waals surface area contributed by atoms with Crippen LogP contribution in [0.25, 0.3) is 11.0 Å². The normalized spacial score (nSPS) is 10.5. The number of hydrogen-bond acceptors (Lipinski definition) is 1. The van der Waals surface area contributed by atoms with Gasteiger partial charge in [0.2, 0.25) is 0 Å². The Morgan fingerprint density at radius 3 is 3.30 bits per heavy atom. The predicted molar refractivity (Wildman–Crippen MR) is 37.4 cm³/mol. The van der Waals surface area contributed by atoms with E-state index >= 15 is 0 Å². The highest BCUT2D eigenvalue weighted by molar-refractivity contribution is 5.72. The van der Waals surface area contributed by atoms with Gasteiger partial charge in [-0.25, -0.2) is 9.97 Å². The first-order chi connectivity index (χ1) is 4.86.